The molecule has 0 saturated heterocycles. The summed E-state index contributed by atoms with van der Waals surface area (Å²) in [5.74, 6) is 0. The molecule has 0 amide bonds. The Morgan fingerprint density at radius 2 is 1.65 bits per heavy atom. The van der Waals surface area contributed by atoms with Crippen LogP contribution in [0.15, 0.2) is 0 Å². The SMILES string of the molecule is CCCCOCC(C)OCC(C)O[Si](C)(C)C. The third kappa shape index (κ3) is 12.3. The van der Waals surface area contributed by atoms with Crippen molar-refractivity contribution in [3.05, 3.63) is 0 Å². The molecule has 0 N–H and O–H groups in total. The van der Waals surface area contributed by atoms with Crippen molar-refractivity contribution in [2.24, 2.45) is 0 Å². The predicted molar refractivity (Wildman–Crippen MR) is 75.0 cm³/mol. The average Bonchev–Trinajstić information content (AvgIpc) is 2.19. The molecule has 0 rings (SSSR count). The third-order valence-corrected chi connectivity index (χ3v) is 3.27. The Bertz CT molecular complexity index is 180. The first-order chi connectivity index (χ1) is 7.85. The molecule has 0 aliphatic heterocycles. The first-order valence-corrected chi connectivity index (χ1v) is 10.1. The maximum Gasteiger partial charge on any atom is 0.184 e. The van der Waals surface area contributed by atoms with Crippen LogP contribution in [0.25, 0.3) is 0 Å². The molecule has 2 unspecified atom stereocenters. The van der Waals surface area contributed by atoms with Gasteiger partial charge in [0.05, 0.1) is 25.4 Å². The van der Waals surface area contributed by atoms with Crippen molar-refractivity contribution in [2.75, 3.05) is 19.8 Å². The molecule has 0 fully saturated rings. The Morgan fingerprint density at radius 1 is 1.00 bits per heavy atom. The maximum absolute atomic E-state index is 5.90. The second kappa shape index (κ2) is 9.08. The van der Waals surface area contributed by atoms with Crippen LogP contribution in [0, 0.1) is 0 Å². The average molecular weight is 262 g/mol. The van der Waals surface area contributed by atoms with Crippen molar-refractivity contribution in [1.29, 1.82) is 0 Å². The van der Waals surface area contributed by atoms with Gasteiger partial charge in [0, 0.05) is 6.61 Å². The number of rotatable bonds is 10. The summed E-state index contributed by atoms with van der Waals surface area (Å²) in [6.45, 7) is 15.0. The minimum Gasteiger partial charge on any atom is -0.413 e. The number of hydrogen-bond donors (Lipinski definition) is 0. The fourth-order valence-electron chi connectivity index (χ4n) is 1.48. The molecule has 0 aromatic heterocycles. The molecule has 0 saturated carbocycles. The van der Waals surface area contributed by atoms with Crippen molar-refractivity contribution < 1.29 is 13.9 Å². The van der Waals surface area contributed by atoms with Crippen molar-refractivity contribution in [3.8, 4) is 0 Å². The molecular formula is C13H30O3Si. The second-order valence-electron chi connectivity index (χ2n) is 5.61. The first-order valence-electron chi connectivity index (χ1n) is 6.72. The molecule has 0 aromatic carbocycles. The zero-order chi connectivity index (χ0) is 13.3. The Labute approximate surface area is 108 Å². The Kier molecular flexibility index (Phi) is 9.14. The molecule has 0 heterocycles. The van der Waals surface area contributed by atoms with E-state index in [1.807, 2.05) is 6.92 Å². The first kappa shape index (κ1) is 17.1. The quantitative estimate of drug-likeness (QED) is 0.446. The van der Waals surface area contributed by atoms with Crippen LogP contribution in [0.2, 0.25) is 19.6 Å². The standard InChI is InChI=1S/C13H30O3Si/c1-7-8-9-14-10-12(2)15-11-13(3)16-17(4,5)6/h12-13H,7-11H2,1-6H3. The lowest BCUT2D eigenvalue weighted by molar-refractivity contribution is -0.0332. The van der Waals surface area contributed by atoms with E-state index in [1.54, 1.807) is 0 Å². The molecule has 0 aromatic rings. The number of hydrogen-bond acceptors (Lipinski definition) is 3. The zero-order valence-electron chi connectivity index (χ0n) is 12.4. The van der Waals surface area contributed by atoms with Gasteiger partial charge in [-0.05, 0) is 39.9 Å². The van der Waals surface area contributed by atoms with Gasteiger partial charge in [0.25, 0.3) is 0 Å². The van der Waals surface area contributed by atoms with Gasteiger partial charge >= 0.3 is 0 Å². The summed E-state index contributed by atoms with van der Waals surface area (Å²) in [7, 11) is -1.44. The van der Waals surface area contributed by atoms with Gasteiger partial charge in [-0.15, -0.1) is 0 Å². The van der Waals surface area contributed by atoms with E-state index in [4.69, 9.17) is 13.9 Å². The molecule has 0 aliphatic rings. The van der Waals surface area contributed by atoms with E-state index in [-0.39, 0.29) is 12.2 Å². The summed E-state index contributed by atoms with van der Waals surface area (Å²) < 4.78 is 17.1. The Balaban J connectivity index is 3.52. The lowest BCUT2D eigenvalue weighted by Gasteiger charge is -2.24. The van der Waals surface area contributed by atoms with Gasteiger partial charge in [-0.3, -0.25) is 0 Å². The largest absolute Gasteiger partial charge is 0.413 e. The third-order valence-electron chi connectivity index (χ3n) is 2.16. The molecule has 4 heteroatoms. The molecule has 0 bridgehead atoms. The topological polar surface area (TPSA) is 27.7 Å². The number of unbranched alkanes of at least 4 members (excludes halogenated alkanes) is 1. The summed E-state index contributed by atoms with van der Waals surface area (Å²) in [5.41, 5.74) is 0. The van der Waals surface area contributed by atoms with E-state index in [1.165, 1.54) is 6.42 Å². The Hall–Kier alpha value is 0.0969. The summed E-state index contributed by atoms with van der Waals surface area (Å²) in [6, 6.07) is 0. The van der Waals surface area contributed by atoms with Gasteiger partial charge < -0.3 is 13.9 Å². The van der Waals surface area contributed by atoms with Crippen molar-refractivity contribution >= 4 is 8.32 Å². The fraction of sp³-hybridized carbons (Fsp3) is 1.00. The van der Waals surface area contributed by atoms with E-state index < -0.39 is 8.32 Å². The van der Waals surface area contributed by atoms with E-state index in [2.05, 4.69) is 33.5 Å². The van der Waals surface area contributed by atoms with Gasteiger partial charge in [0.15, 0.2) is 8.32 Å². The second-order valence-corrected chi connectivity index (χ2v) is 10.1. The molecule has 3 nitrogen and oxygen atoms in total. The van der Waals surface area contributed by atoms with Crippen LogP contribution in [0.1, 0.15) is 33.6 Å². The molecule has 0 aliphatic carbocycles. The highest BCUT2D eigenvalue weighted by atomic mass is 28.4. The van der Waals surface area contributed by atoms with Gasteiger partial charge in [-0.1, -0.05) is 13.3 Å². The van der Waals surface area contributed by atoms with Crippen molar-refractivity contribution in [2.45, 2.75) is 65.5 Å². The number of ether oxygens (including phenoxy) is 2. The summed E-state index contributed by atoms with van der Waals surface area (Å²) >= 11 is 0. The van der Waals surface area contributed by atoms with Crippen LogP contribution in [-0.4, -0.2) is 40.3 Å². The smallest absolute Gasteiger partial charge is 0.184 e. The van der Waals surface area contributed by atoms with E-state index >= 15 is 0 Å². The minimum absolute atomic E-state index is 0.152. The molecular weight excluding hydrogens is 232 g/mol. The minimum atomic E-state index is -1.44. The van der Waals surface area contributed by atoms with Crippen molar-refractivity contribution in [1.82, 2.24) is 0 Å². The van der Waals surface area contributed by atoms with Crippen LogP contribution in [0.5, 0.6) is 0 Å². The van der Waals surface area contributed by atoms with E-state index in [0.29, 0.717) is 13.2 Å². The lowest BCUT2D eigenvalue weighted by atomic mass is 10.3. The van der Waals surface area contributed by atoms with Crippen molar-refractivity contribution in [3.63, 3.8) is 0 Å². The van der Waals surface area contributed by atoms with Gasteiger partial charge in [0.2, 0.25) is 0 Å². The van der Waals surface area contributed by atoms with Crippen LogP contribution >= 0.6 is 0 Å². The molecule has 104 valence electrons. The highest BCUT2D eigenvalue weighted by Gasteiger charge is 2.18. The van der Waals surface area contributed by atoms with Crippen LogP contribution in [-0.2, 0) is 13.9 Å². The molecule has 0 radical (unpaired) electrons. The van der Waals surface area contributed by atoms with Crippen LogP contribution < -0.4 is 0 Å². The van der Waals surface area contributed by atoms with Crippen LogP contribution in [0.4, 0.5) is 0 Å². The highest BCUT2D eigenvalue weighted by molar-refractivity contribution is 6.69. The van der Waals surface area contributed by atoms with Crippen LogP contribution in [0.3, 0.4) is 0 Å². The zero-order valence-corrected chi connectivity index (χ0v) is 13.4. The molecule has 2 atom stereocenters. The monoisotopic (exact) mass is 262 g/mol. The normalized spacial score (nSPS) is 15.9. The summed E-state index contributed by atoms with van der Waals surface area (Å²) in [4.78, 5) is 0. The van der Waals surface area contributed by atoms with Gasteiger partial charge in [-0.25, -0.2) is 0 Å². The van der Waals surface area contributed by atoms with E-state index in [0.717, 1.165) is 13.0 Å². The summed E-state index contributed by atoms with van der Waals surface area (Å²) in [6.07, 6.45) is 2.64. The van der Waals surface area contributed by atoms with Gasteiger partial charge in [-0.2, -0.15) is 0 Å². The predicted octanol–water partition coefficient (Wildman–Crippen LogP) is 3.45. The summed E-state index contributed by atoms with van der Waals surface area (Å²) in [5, 5.41) is 0. The lowest BCUT2D eigenvalue weighted by Crippen LogP contribution is -2.34. The highest BCUT2D eigenvalue weighted by Crippen LogP contribution is 2.08. The molecule has 17 heavy (non-hydrogen) atoms. The molecule has 0 spiro atoms. The van der Waals surface area contributed by atoms with Gasteiger partial charge in [0.1, 0.15) is 0 Å². The fourth-order valence-corrected chi connectivity index (χ4v) is 2.76. The maximum atomic E-state index is 5.90. The van der Waals surface area contributed by atoms with E-state index in [9.17, 15) is 0 Å². The Morgan fingerprint density at radius 3 is 2.18 bits per heavy atom.